The second kappa shape index (κ2) is 7.48. The maximum atomic E-state index is 13.0. The number of carbonyl (C=O) groups excluding carboxylic acids is 1. The molecule has 0 saturated heterocycles. The van der Waals surface area contributed by atoms with Gasteiger partial charge in [-0.25, -0.2) is 9.07 Å². The molecule has 2 aromatic carbocycles. The molecule has 0 unspecified atom stereocenters. The molecule has 0 radical (unpaired) electrons. The third kappa shape index (κ3) is 3.89. The number of hydrogen-bond acceptors (Lipinski definition) is 2. The van der Waals surface area contributed by atoms with Gasteiger partial charge in [0.1, 0.15) is 11.0 Å². The molecule has 3 aromatic rings. The van der Waals surface area contributed by atoms with Gasteiger partial charge in [-0.3, -0.25) is 4.79 Å². The van der Waals surface area contributed by atoms with Crippen molar-refractivity contribution in [2.24, 2.45) is 0 Å². The summed E-state index contributed by atoms with van der Waals surface area (Å²) in [5.74, 6) is -0.675. The lowest BCUT2D eigenvalue weighted by molar-refractivity contribution is 0.102. The van der Waals surface area contributed by atoms with Crippen LogP contribution in [-0.4, -0.2) is 15.7 Å². The summed E-state index contributed by atoms with van der Waals surface area (Å²) in [6, 6.07) is 11.3. The van der Waals surface area contributed by atoms with E-state index in [0.29, 0.717) is 28.5 Å². The zero-order valence-electron chi connectivity index (χ0n) is 14.2. The zero-order valence-corrected chi connectivity index (χ0v) is 15.7. The molecule has 7 heteroatoms. The van der Waals surface area contributed by atoms with Crippen molar-refractivity contribution in [1.29, 1.82) is 0 Å². The Kier molecular flexibility index (Phi) is 5.30. The number of rotatable bonds is 4. The number of benzene rings is 2. The highest BCUT2D eigenvalue weighted by atomic mass is 35.5. The van der Waals surface area contributed by atoms with Crippen LogP contribution in [0.15, 0.2) is 42.5 Å². The lowest BCUT2D eigenvalue weighted by Gasteiger charge is -2.07. The van der Waals surface area contributed by atoms with Gasteiger partial charge in [0.05, 0.1) is 17.8 Å². The van der Waals surface area contributed by atoms with Crippen molar-refractivity contribution in [2.75, 3.05) is 5.32 Å². The molecule has 26 heavy (non-hydrogen) atoms. The summed E-state index contributed by atoms with van der Waals surface area (Å²) in [7, 11) is 0. The Morgan fingerprint density at radius 3 is 2.50 bits per heavy atom. The number of amides is 1. The molecule has 134 valence electrons. The third-order valence-corrected chi connectivity index (χ3v) is 4.76. The lowest BCUT2D eigenvalue weighted by Crippen LogP contribution is -2.13. The molecule has 3 rings (SSSR count). The van der Waals surface area contributed by atoms with E-state index in [0.717, 1.165) is 11.1 Å². The van der Waals surface area contributed by atoms with Gasteiger partial charge in [0.15, 0.2) is 0 Å². The molecular formula is C19H16Cl2FN3O. The summed E-state index contributed by atoms with van der Waals surface area (Å²) >= 11 is 12.5. The minimum atomic E-state index is -0.363. The molecular weight excluding hydrogens is 376 g/mol. The topological polar surface area (TPSA) is 46.9 Å². The third-order valence-electron chi connectivity index (χ3n) is 3.97. The van der Waals surface area contributed by atoms with Gasteiger partial charge in [0.2, 0.25) is 0 Å². The van der Waals surface area contributed by atoms with Crippen molar-refractivity contribution < 1.29 is 9.18 Å². The summed E-state index contributed by atoms with van der Waals surface area (Å²) in [6.45, 7) is 3.93. The number of halogens is 3. The van der Waals surface area contributed by atoms with E-state index >= 15 is 0 Å². The standard InChI is InChI=1S/C19H16Cl2FN3O/c1-11-3-8-15(9-16(11)20)23-19(26)17-12(2)24-25(18(17)21)10-13-4-6-14(22)7-5-13/h3-9H,10H2,1-2H3,(H,23,26). The first-order chi connectivity index (χ1) is 12.3. The van der Waals surface area contributed by atoms with Crippen LogP contribution in [0.1, 0.15) is 27.2 Å². The molecule has 0 aliphatic heterocycles. The highest BCUT2D eigenvalue weighted by Crippen LogP contribution is 2.24. The Hall–Kier alpha value is -2.37. The van der Waals surface area contributed by atoms with Crippen molar-refractivity contribution in [3.8, 4) is 0 Å². The van der Waals surface area contributed by atoms with Gasteiger partial charge in [0.25, 0.3) is 5.91 Å². The smallest absolute Gasteiger partial charge is 0.260 e. The van der Waals surface area contributed by atoms with E-state index in [2.05, 4.69) is 10.4 Å². The number of hydrogen-bond donors (Lipinski definition) is 1. The summed E-state index contributed by atoms with van der Waals surface area (Å²) in [6.07, 6.45) is 0. The number of aromatic nitrogens is 2. The summed E-state index contributed by atoms with van der Waals surface area (Å²) in [4.78, 5) is 12.6. The Bertz CT molecular complexity index is 968. The summed E-state index contributed by atoms with van der Waals surface area (Å²) in [5, 5.41) is 7.90. The van der Waals surface area contributed by atoms with Crippen LogP contribution in [0.2, 0.25) is 10.2 Å². The van der Waals surface area contributed by atoms with Crippen LogP contribution < -0.4 is 5.32 Å². The maximum Gasteiger partial charge on any atom is 0.260 e. The molecule has 0 bridgehead atoms. The molecule has 4 nitrogen and oxygen atoms in total. The van der Waals surface area contributed by atoms with Crippen molar-refractivity contribution in [1.82, 2.24) is 9.78 Å². The highest BCUT2D eigenvalue weighted by Gasteiger charge is 2.20. The Labute approximate surface area is 160 Å². The average Bonchev–Trinajstić information content (AvgIpc) is 2.87. The maximum absolute atomic E-state index is 13.0. The Morgan fingerprint density at radius 1 is 1.15 bits per heavy atom. The molecule has 1 heterocycles. The Morgan fingerprint density at radius 2 is 1.85 bits per heavy atom. The van der Waals surface area contributed by atoms with Gasteiger partial charge in [0, 0.05) is 10.7 Å². The molecule has 0 aliphatic rings. The van der Waals surface area contributed by atoms with E-state index in [4.69, 9.17) is 23.2 Å². The van der Waals surface area contributed by atoms with E-state index < -0.39 is 0 Å². The normalized spacial score (nSPS) is 10.8. The SMILES string of the molecule is Cc1ccc(NC(=O)c2c(C)nn(Cc3ccc(F)cc3)c2Cl)cc1Cl. The molecule has 0 fully saturated rings. The Balaban J connectivity index is 1.83. The zero-order chi connectivity index (χ0) is 18.8. The number of nitrogens with one attached hydrogen (secondary N) is 1. The molecule has 0 saturated carbocycles. The van der Waals surface area contributed by atoms with Gasteiger partial charge < -0.3 is 5.32 Å². The van der Waals surface area contributed by atoms with E-state index in [1.807, 2.05) is 13.0 Å². The van der Waals surface area contributed by atoms with Crippen molar-refractivity contribution >= 4 is 34.8 Å². The highest BCUT2D eigenvalue weighted by molar-refractivity contribution is 6.34. The predicted molar refractivity (Wildman–Crippen MR) is 102 cm³/mol. The van der Waals surface area contributed by atoms with Crippen LogP contribution in [0.25, 0.3) is 0 Å². The van der Waals surface area contributed by atoms with Crippen LogP contribution in [0.3, 0.4) is 0 Å². The number of carbonyl (C=O) groups is 1. The predicted octanol–water partition coefficient (Wildman–Crippen LogP) is 5.25. The molecule has 1 amide bonds. The van der Waals surface area contributed by atoms with Crippen LogP contribution >= 0.6 is 23.2 Å². The summed E-state index contributed by atoms with van der Waals surface area (Å²) < 4.78 is 14.5. The van der Waals surface area contributed by atoms with E-state index in [9.17, 15) is 9.18 Å². The van der Waals surface area contributed by atoms with Crippen LogP contribution in [0, 0.1) is 19.7 Å². The number of nitrogens with zero attached hydrogens (tertiary/aromatic N) is 2. The quantitative estimate of drug-likeness (QED) is 0.660. The minimum absolute atomic E-state index is 0.225. The molecule has 0 aliphatic carbocycles. The first-order valence-electron chi connectivity index (χ1n) is 7.90. The van der Waals surface area contributed by atoms with Crippen molar-refractivity contribution in [3.63, 3.8) is 0 Å². The largest absolute Gasteiger partial charge is 0.322 e. The molecule has 0 spiro atoms. The van der Waals surface area contributed by atoms with Crippen molar-refractivity contribution in [2.45, 2.75) is 20.4 Å². The van der Waals surface area contributed by atoms with Gasteiger partial charge in [-0.1, -0.05) is 41.4 Å². The first-order valence-corrected chi connectivity index (χ1v) is 8.65. The van der Waals surface area contributed by atoms with Crippen LogP contribution in [-0.2, 0) is 6.54 Å². The van der Waals surface area contributed by atoms with E-state index in [-0.39, 0.29) is 16.9 Å². The van der Waals surface area contributed by atoms with Gasteiger partial charge in [-0.15, -0.1) is 0 Å². The number of aryl methyl sites for hydroxylation is 2. The molecule has 1 N–H and O–H groups in total. The van der Waals surface area contributed by atoms with Crippen LogP contribution in [0.5, 0.6) is 0 Å². The van der Waals surface area contributed by atoms with Gasteiger partial charge in [-0.2, -0.15) is 5.10 Å². The number of anilines is 1. The fourth-order valence-electron chi connectivity index (χ4n) is 2.54. The van der Waals surface area contributed by atoms with E-state index in [1.165, 1.54) is 16.8 Å². The van der Waals surface area contributed by atoms with E-state index in [1.54, 1.807) is 31.2 Å². The fourth-order valence-corrected chi connectivity index (χ4v) is 3.04. The summed E-state index contributed by atoms with van der Waals surface area (Å²) in [5.41, 5.74) is 3.13. The molecule has 0 atom stereocenters. The van der Waals surface area contributed by atoms with Gasteiger partial charge >= 0.3 is 0 Å². The monoisotopic (exact) mass is 391 g/mol. The molecule has 1 aromatic heterocycles. The van der Waals surface area contributed by atoms with Crippen molar-refractivity contribution in [3.05, 3.63) is 80.8 Å². The van der Waals surface area contributed by atoms with Gasteiger partial charge in [-0.05, 0) is 49.2 Å². The average molecular weight is 392 g/mol. The second-order valence-electron chi connectivity index (χ2n) is 5.95. The second-order valence-corrected chi connectivity index (χ2v) is 6.72. The lowest BCUT2D eigenvalue weighted by atomic mass is 10.2. The van der Waals surface area contributed by atoms with Crippen LogP contribution in [0.4, 0.5) is 10.1 Å². The fraction of sp³-hybridized carbons (Fsp3) is 0.158. The first kappa shape index (κ1) is 18.4. The minimum Gasteiger partial charge on any atom is -0.322 e.